The predicted octanol–water partition coefficient (Wildman–Crippen LogP) is 3.41. The first-order valence-corrected chi connectivity index (χ1v) is 8.49. The van der Waals surface area contributed by atoms with E-state index in [0.717, 1.165) is 22.0 Å². The summed E-state index contributed by atoms with van der Waals surface area (Å²) in [6.45, 7) is 0.251. The number of benzene rings is 2. The van der Waals surface area contributed by atoms with Crippen LogP contribution in [0.5, 0.6) is 0 Å². The molecule has 1 aromatic heterocycles. The standard InChI is InChI=1S/C18H18N2O2.C2HF3O2/c19-16(18(21)22-12-13-6-2-1-3-7-13)10-14-11-20-17-9-5-4-8-15(14)17;3-2(4,5)1(6)7/h1-9,11,16,20H,10,12,19H2;(H,6,7)/t16-;/m1./s1. The van der Waals surface area contributed by atoms with Crippen molar-refractivity contribution in [2.45, 2.75) is 25.2 Å². The minimum atomic E-state index is -5.08. The van der Waals surface area contributed by atoms with Gasteiger partial charge in [-0.05, 0) is 17.2 Å². The number of hydrogen-bond acceptors (Lipinski definition) is 4. The maximum atomic E-state index is 12.0. The van der Waals surface area contributed by atoms with Crippen LogP contribution in [-0.4, -0.2) is 34.2 Å². The average Bonchev–Trinajstić information content (AvgIpc) is 3.09. The molecule has 0 radical (unpaired) electrons. The minimum Gasteiger partial charge on any atom is -0.475 e. The highest BCUT2D eigenvalue weighted by molar-refractivity contribution is 5.84. The minimum absolute atomic E-state index is 0.251. The largest absolute Gasteiger partial charge is 0.490 e. The van der Waals surface area contributed by atoms with Crippen molar-refractivity contribution in [1.82, 2.24) is 4.98 Å². The first kappa shape index (κ1) is 22.0. The first-order chi connectivity index (χ1) is 13.7. The molecule has 3 aromatic rings. The van der Waals surface area contributed by atoms with Crippen LogP contribution < -0.4 is 5.73 Å². The molecule has 0 fully saturated rings. The number of hydrogen-bond donors (Lipinski definition) is 3. The van der Waals surface area contributed by atoms with E-state index in [9.17, 15) is 18.0 Å². The topological polar surface area (TPSA) is 105 Å². The summed E-state index contributed by atoms with van der Waals surface area (Å²) in [5, 5.41) is 8.22. The summed E-state index contributed by atoms with van der Waals surface area (Å²) in [4.78, 5) is 24.1. The van der Waals surface area contributed by atoms with Crippen LogP contribution in [0.2, 0.25) is 0 Å². The number of aromatic amines is 1. The maximum absolute atomic E-state index is 12.0. The van der Waals surface area contributed by atoms with E-state index in [1.165, 1.54) is 0 Å². The third-order valence-corrected chi connectivity index (χ3v) is 3.88. The molecule has 0 aliphatic carbocycles. The molecule has 2 aromatic carbocycles. The molecule has 0 saturated heterocycles. The smallest absolute Gasteiger partial charge is 0.475 e. The zero-order chi connectivity index (χ0) is 21.4. The van der Waals surface area contributed by atoms with Crippen LogP contribution in [0.3, 0.4) is 0 Å². The molecule has 29 heavy (non-hydrogen) atoms. The number of aliphatic carboxylic acids is 1. The van der Waals surface area contributed by atoms with Gasteiger partial charge in [0.25, 0.3) is 0 Å². The SMILES string of the molecule is N[C@H](Cc1c[nH]c2ccccc12)C(=O)OCc1ccccc1.O=C(O)C(F)(F)F. The number of ether oxygens (including phenoxy) is 1. The van der Waals surface area contributed by atoms with Gasteiger partial charge in [-0.25, -0.2) is 4.79 Å². The molecule has 3 rings (SSSR count). The van der Waals surface area contributed by atoms with Gasteiger partial charge in [0.1, 0.15) is 12.6 Å². The molecule has 154 valence electrons. The Hall–Kier alpha value is -3.33. The number of fused-ring (bicyclic) bond motifs is 1. The molecule has 0 aliphatic rings. The van der Waals surface area contributed by atoms with E-state index in [-0.39, 0.29) is 12.6 Å². The van der Waals surface area contributed by atoms with Crippen LogP contribution in [0.4, 0.5) is 13.2 Å². The molecule has 4 N–H and O–H groups in total. The van der Waals surface area contributed by atoms with Gasteiger partial charge in [-0.3, -0.25) is 4.79 Å². The van der Waals surface area contributed by atoms with Gasteiger partial charge >= 0.3 is 18.1 Å². The summed E-state index contributed by atoms with van der Waals surface area (Å²) in [6.07, 6.45) is -2.73. The van der Waals surface area contributed by atoms with E-state index in [2.05, 4.69) is 4.98 Å². The number of halogens is 3. The van der Waals surface area contributed by atoms with Crippen molar-refractivity contribution in [2.75, 3.05) is 0 Å². The molecule has 6 nitrogen and oxygen atoms in total. The first-order valence-electron chi connectivity index (χ1n) is 8.49. The number of carbonyl (C=O) groups excluding carboxylic acids is 1. The number of carboxylic acid groups (broad SMARTS) is 1. The van der Waals surface area contributed by atoms with Crippen molar-refractivity contribution in [2.24, 2.45) is 5.73 Å². The lowest BCUT2D eigenvalue weighted by molar-refractivity contribution is -0.192. The van der Waals surface area contributed by atoms with Crippen LogP contribution in [0, 0.1) is 0 Å². The molecular weight excluding hydrogens is 389 g/mol. The zero-order valence-corrected chi connectivity index (χ0v) is 15.1. The Kier molecular flexibility index (Phi) is 7.38. The number of H-pyrrole nitrogens is 1. The number of alkyl halides is 3. The molecule has 1 atom stereocenters. The highest BCUT2D eigenvalue weighted by atomic mass is 19.4. The maximum Gasteiger partial charge on any atom is 0.490 e. The Morgan fingerprint density at radius 2 is 1.66 bits per heavy atom. The van der Waals surface area contributed by atoms with Crippen molar-refractivity contribution < 1.29 is 32.6 Å². The fraction of sp³-hybridized carbons (Fsp3) is 0.200. The van der Waals surface area contributed by atoms with E-state index in [1.807, 2.05) is 60.8 Å². The second-order valence-electron chi connectivity index (χ2n) is 6.07. The Bertz CT molecular complexity index is 955. The lowest BCUT2D eigenvalue weighted by Crippen LogP contribution is -2.34. The molecular formula is C20H19F3N2O4. The van der Waals surface area contributed by atoms with Gasteiger partial charge < -0.3 is 20.6 Å². The summed E-state index contributed by atoms with van der Waals surface area (Å²) in [5.74, 6) is -3.14. The number of carbonyl (C=O) groups is 2. The Balaban J connectivity index is 0.000000370. The average molecular weight is 408 g/mol. The number of esters is 1. The van der Waals surface area contributed by atoms with Gasteiger partial charge in [-0.1, -0.05) is 48.5 Å². The lowest BCUT2D eigenvalue weighted by Gasteiger charge is -2.11. The van der Waals surface area contributed by atoms with E-state index in [0.29, 0.717) is 6.42 Å². The van der Waals surface area contributed by atoms with Gasteiger partial charge in [0.2, 0.25) is 0 Å². The van der Waals surface area contributed by atoms with Gasteiger partial charge in [-0.2, -0.15) is 13.2 Å². The number of rotatable bonds is 5. The molecule has 0 saturated carbocycles. The molecule has 9 heteroatoms. The van der Waals surface area contributed by atoms with Crippen molar-refractivity contribution in [1.29, 1.82) is 0 Å². The fourth-order valence-electron chi connectivity index (χ4n) is 2.46. The highest BCUT2D eigenvalue weighted by Gasteiger charge is 2.38. The van der Waals surface area contributed by atoms with Gasteiger partial charge in [-0.15, -0.1) is 0 Å². The summed E-state index contributed by atoms with van der Waals surface area (Å²) in [6, 6.07) is 16.9. The summed E-state index contributed by atoms with van der Waals surface area (Å²) in [5.41, 5.74) is 9.00. The number of nitrogens with two attached hydrogens (primary N) is 1. The fourth-order valence-corrected chi connectivity index (χ4v) is 2.46. The molecule has 0 spiro atoms. The van der Waals surface area contributed by atoms with Crippen molar-refractivity contribution >= 4 is 22.8 Å². The normalized spacial score (nSPS) is 12.0. The van der Waals surface area contributed by atoms with Gasteiger partial charge in [0, 0.05) is 23.5 Å². The number of nitrogens with one attached hydrogen (secondary N) is 1. The zero-order valence-electron chi connectivity index (χ0n) is 15.1. The molecule has 1 heterocycles. The monoisotopic (exact) mass is 408 g/mol. The summed E-state index contributed by atoms with van der Waals surface area (Å²) < 4.78 is 37.0. The molecule has 0 aliphatic heterocycles. The van der Waals surface area contributed by atoms with Crippen LogP contribution in [0.25, 0.3) is 10.9 Å². The number of carboxylic acids is 1. The van der Waals surface area contributed by atoms with Crippen LogP contribution >= 0.6 is 0 Å². The van der Waals surface area contributed by atoms with Crippen LogP contribution in [0.15, 0.2) is 60.8 Å². The van der Waals surface area contributed by atoms with E-state index in [1.54, 1.807) is 0 Å². The second-order valence-corrected chi connectivity index (χ2v) is 6.07. The predicted molar refractivity (Wildman–Crippen MR) is 99.9 cm³/mol. The highest BCUT2D eigenvalue weighted by Crippen LogP contribution is 2.19. The van der Waals surface area contributed by atoms with Crippen LogP contribution in [-0.2, 0) is 27.4 Å². The quantitative estimate of drug-likeness (QED) is 0.561. The third kappa shape index (κ3) is 6.65. The molecule has 0 unspecified atom stereocenters. The van der Waals surface area contributed by atoms with Crippen molar-refractivity contribution in [3.63, 3.8) is 0 Å². The van der Waals surface area contributed by atoms with Gasteiger partial charge in [0.15, 0.2) is 0 Å². The Morgan fingerprint density at radius 1 is 1.07 bits per heavy atom. The lowest BCUT2D eigenvalue weighted by atomic mass is 10.1. The molecule has 0 amide bonds. The van der Waals surface area contributed by atoms with Crippen molar-refractivity contribution in [3.05, 3.63) is 71.9 Å². The van der Waals surface area contributed by atoms with Gasteiger partial charge in [0.05, 0.1) is 0 Å². The summed E-state index contributed by atoms with van der Waals surface area (Å²) in [7, 11) is 0. The Labute approximate surface area is 164 Å². The summed E-state index contributed by atoms with van der Waals surface area (Å²) >= 11 is 0. The molecule has 0 bridgehead atoms. The third-order valence-electron chi connectivity index (χ3n) is 3.88. The van der Waals surface area contributed by atoms with E-state index >= 15 is 0 Å². The van der Waals surface area contributed by atoms with E-state index in [4.69, 9.17) is 20.4 Å². The van der Waals surface area contributed by atoms with Crippen molar-refractivity contribution in [3.8, 4) is 0 Å². The van der Waals surface area contributed by atoms with E-state index < -0.39 is 18.2 Å². The Morgan fingerprint density at radius 3 is 2.28 bits per heavy atom. The number of aromatic nitrogens is 1. The second kappa shape index (κ2) is 9.74. The number of para-hydroxylation sites is 1. The van der Waals surface area contributed by atoms with Crippen LogP contribution in [0.1, 0.15) is 11.1 Å².